The summed E-state index contributed by atoms with van der Waals surface area (Å²) < 4.78 is 5.18. The molecule has 2 fully saturated rings. The molecule has 1 aliphatic carbocycles. The average Bonchev–Trinajstić information content (AvgIpc) is 3.32. The van der Waals surface area contributed by atoms with Crippen LogP contribution in [0.15, 0.2) is 23.0 Å². The van der Waals surface area contributed by atoms with E-state index in [1.807, 2.05) is 0 Å². The Morgan fingerprint density at radius 3 is 2.74 bits per heavy atom. The summed E-state index contributed by atoms with van der Waals surface area (Å²) in [4.78, 5) is 38.4. The number of carboxylic acids is 1. The van der Waals surface area contributed by atoms with Gasteiger partial charge in [0.25, 0.3) is 0 Å². The van der Waals surface area contributed by atoms with E-state index >= 15 is 0 Å². The quantitative estimate of drug-likeness (QED) is 0.842. The van der Waals surface area contributed by atoms with Crippen LogP contribution in [0.2, 0.25) is 0 Å². The molecule has 2 aliphatic rings. The molecule has 0 unspecified atom stereocenters. The number of nitrogens with zero attached hydrogens (tertiary/aromatic N) is 5. The van der Waals surface area contributed by atoms with Crippen molar-refractivity contribution in [3.63, 3.8) is 0 Å². The highest BCUT2D eigenvalue weighted by molar-refractivity contribution is 5.84. The van der Waals surface area contributed by atoms with Gasteiger partial charge >= 0.3 is 5.97 Å². The number of carboxylic acid groups (broad SMARTS) is 1. The Hall–Kier alpha value is -2.84. The second kappa shape index (κ2) is 7.42. The molecule has 4 rings (SSSR count). The summed E-state index contributed by atoms with van der Waals surface area (Å²) in [7, 11) is 0. The topological polar surface area (TPSA) is 122 Å². The number of carbonyl (C=O) groups is 2. The Labute approximate surface area is 155 Å². The van der Waals surface area contributed by atoms with Crippen LogP contribution in [0.5, 0.6) is 0 Å². The van der Waals surface area contributed by atoms with E-state index in [1.54, 1.807) is 23.4 Å². The summed E-state index contributed by atoms with van der Waals surface area (Å²) in [6.07, 6.45) is 8.18. The summed E-state index contributed by atoms with van der Waals surface area (Å²) in [6, 6.07) is 1.02. The minimum Gasteiger partial charge on any atom is -0.480 e. The lowest BCUT2D eigenvalue weighted by Gasteiger charge is -2.33. The Bertz CT molecular complexity index is 824. The van der Waals surface area contributed by atoms with Crippen molar-refractivity contribution in [3.05, 3.63) is 24.4 Å². The van der Waals surface area contributed by atoms with E-state index in [9.17, 15) is 14.7 Å². The largest absolute Gasteiger partial charge is 0.480 e. The first-order chi connectivity index (χ1) is 13.1. The molecule has 3 heterocycles. The molecule has 9 nitrogen and oxygen atoms in total. The third-order valence-electron chi connectivity index (χ3n) is 5.45. The number of hydrogen-bond donors (Lipinski definition) is 1. The summed E-state index contributed by atoms with van der Waals surface area (Å²) >= 11 is 0. The van der Waals surface area contributed by atoms with Crippen molar-refractivity contribution in [2.24, 2.45) is 5.92 Å². The zero-order valence-electron chi connectivity index (χ0n) is 14.8. The molecule has 0 aromatic carbocycles. The Morgan fingerprint density at radius 1 is 1.19 bits per heavy atom. The minimum absolute atomic E-state index is 0.0447. The maximum atomic E-state index is 12.8. The molecular formula is C18H21N5O4. The Morgan fingerprint density at radius 2 is 1.96 bits per heavy atom. The zero-order valence-corrected chi connectivity index (χ0v) is 14.8. The fourth-order valence-electron chi connectivity index (χ4n) is 4.24. The first kappa shape index (κ1) is 17.6. The van der Waals surface area contributed by atoms with Gasteiger partial charge in [0, 0.05) is 31.3 Å². The number of aryl methyl sites for hydroxylation is 1. The zero-order chi connectivity index (χ0) is 18.8. The van der Waals surface area contributed by atoms with Crippen LogP contribution < -0.4 is 0 Å². The molecule has 1 saturated carbocycles. The van der Waals surface area contributed by atoms with Crippen molar-refractivity contribution in [3.8, 4) is 11.6 Å². The molecule has 0 spiro atoms. The Kier molecular flexibility index (Phi) is 4.83. The van der Waals surface area contributed by atoms with Crippen LogP contribution in [-0.4, -0.2) is 54.1 Å². The molecule has 142 valence electrons. The highest BCUT2D eigenvalue weighted by Gasteiger charge is 2.47. The van der Waals surface area contributed by atoms with Crippen LogP contribution in [0.25, 0.3) is 11.6 Å². The Balaban J connectivity index is 1.42. The van der Waals surface area contributed by atoms with Crippen molar-refractivity contribution in [2.75, 3.05) is 0 Å². The standard InChI is InChI=1S/C18H21N5O4/c24-15(23-12-5-2-1-4-11(12)10-13(23)18(25)26)7-6-14-21-17(22-27-14)16-19-8-3-9-20-16/h3,8-9,11-13H,1-2,4-7,10H2,(H,25,26)/t11-,12-,13-/m0/s1. The summed E-state index contributed by atoms with van der Waals surface area (Å²) in [6.45, 7) is 0. The highest BCUT2D eigenvalue weighted by atomic mass is 16.5. The summed E-state index contributed by atoms with van der Waals surface area (Å²) in [5.41, 5.74) is 0. The molecule has 2 aromatic heterocycles. The van der Waals surface area contributed by atoms with Gasteiger partial charge in [-0.25, -0.2) is 14.8 Å². The number of aromatic nitrogens is 4. The highest BCUT2D eigenvalue weighted by Crippen LogP contribution is 2.40. The van der Waals surface area contributed by atoms with Gasteiger partial charge in [-0.15, -0.1) is 0 Å². The molecule has 1 amide bonds. The van der Waals surface area contributed by atoms with Crippen LogP contribution in [0, 0.1) is 5.92 Å². The van der Waals surface area contributed by atoms with Crippen LogP contribution in [0.1, 0.15) is 44.4 Å². The molecule has 9 heteroatoms. The first-order valence-corrected chi connectivity index (χ1v) is 9.27. The van der Waals surface area contributed by atoms with Gasteiger partial charge in [-0.3, -0.25) is 4.79 Å². The van der Waals surface area contributed by atoms with Gasteiger partial charge in [-0.1, -0.05) is 18.0 Å². The van der Waals surface area contributed by atoms with Crippen LogP contribution in [0.3, 0.4) is 0 Å². The molecule has 0 bridgehead atoms. The maximum absolute atomic E-state index is 12.8. The number of rotatable bonds is 5. The fraction of sp³-hybridized carbons (Fsp3) is 0.556. The average molecular weight is 371 g/mol. The summed E-state index contributed by atoms with van der Waals surface area (Å²) in [5, 5.41) is 13.4. The van der Waals surface area contributed by atoms with E-state index in [4.69, 9.17) is 4.52 Å². The molecule has 3 atom stereocenters. The smallest absolute Gasteiger partial charge is 0.326 e. The van der Waals surface area contributed by atoms with E-state index in [-0.39, 0.29) is 30.6 Å². The van der Waals surface area contributed by atoms with E-state index in [1.165, 1.54) is 0 Å². The van der Waals surface area contributed by atoms with Crippen molar-refractivity contribution in [2.45, 2.75) is 57.0 Å². The van der Waals surface area contributed by atoms with Crippen molar-refractivity contribution in [1.82, 2.24) is 25.0 Å². The molecule has 1 saturated heterocycles. The lowest BCUT2D eigenvalue weighted by atomic mass is 9.84. The summed E-state index contributed by atoms with van der Waals surface area (Å²) in [5.74, 6) is 0.169. The monoisotopic (exact) mass is 371 g/mol. The van der Waals surface area contributed by atoms with E-state index in [0.717, 1.165) is 25.7 Å². The maximum Gasteiger partial charge on any atom is 0.326 e. The van der Waals surface area contributed by atoms with E-state index in [0.29, 0.717) is 24.1 Å². The van der Waals surface area contributed by atoms with Crippen LogP contribution in [0.4, 0.5) is 0 Å². The lowest BCUT2D eigenvalue weighted by molar-refractivity contribution is -0.149. The second-order valence-electron chi connectivity index (χ2n) is 7.09. The number of carbonyl (C=O) groups excluding carboxylic acids is 1. The molecule has 1 aliphatic heterocycles. The molecule has 0 radical (unpaired) electrons. The van der Waals surface area contributed by atoms with Crippen molar-refractivity contribution < 1.29 is 19.2 Å². The van der Waals surface area contributed by atoms with E-state index in [2.05, 4.69) is 20.1 Å². The number of likely N-dealkylation sites (tertiary alicyclic amines) is 1. The second-order valence-corrected chi connectivity index (χ2v) is 7.09. The van der Waals surface area contributed by atoms with Gasteiger partial charge in [0.05, 0.1) is 0 Å². The van der Waals surface area contributed by atoms with Gasteiger partial charge in [0.2, 0.25) is 23.4 Å². The molecule has 1 N–H and O–H groups in total. The lowest BCUT2D eigenvalue weighted by Crippen LogP contribution is -2.46. The minimum atomic E-state index is -0.918. The third kappa shape index (κ3) is 3.54. The number of amides is 1. The predicted molar refractivity (Wildman–Crippen MR) is 92.3 cm³/mol. The van der Waals surface area contributed by atoms with Crippen LogP contribution in [-0.2, 0) is 16.0 Å². The number of hydrogen-bond acceptors (Lipinski definition) is 7. The fourth-order valence-corrected chi connectivity index (χ4v) is 4.24. The predicted octanol–water partition coefficient (Wildman–Crippen LogP) is 1.70. The van der Waals surface area contributed by atoms with Crippen molar-refractivity contribution in [1.29, 1.82) is 0 Å². The number of aliphatic carboxylic acids is 1. The third-order valence-corrected chi connectivity index (χ3v) is 5.45. The van der Waals surface area contributed by atoms with Gasteiger partial charge in [0.15, 0.2) is 0 Å². The normalized spacial score (nSPS) is 24.6. The molecular weight excluding hydrogens is 350 g/mol. The van der Waals surface area contributed by atoms with Gasteiger partial charge in [-0.2, -0.15) is 4.98 Å². The van der Waals surface area contributed by atoms with E-state index < -0.39 is 12.0 Å². The van der Waals surface area contributed by atoms with Gasteiger partial charge in [-0.05, 0) is 31.2 Å². The molecule has 27 heavy (non-hydrogen) atoms. The van der Waals surface area contributed by atoms with Crippen LogP contribution >= 0.6 is 0 Å². The molecule has 2 aromatic rings. The SMILES string of the molecule is O=C(O)[C@@H]1C[C@@H]2CCCC[C@@H]2N1C(=O)CCc1nc(-c2ncccn2)no1. The van der Waals surface area contributed by atoms with Crippen molar-refractivity contribution >= 4 is 11.9 Å². The first-order valence-electron chi connectivity index (χ1n) is 9.27. The van der Waals surface area contributed by atoms with Gasteiger partial charge < -0.3 is 14.5 Å². The number of fused-ring (bicyclic) bond motifs is 1. The van der Waals surface area contributed by atoms with Gasteiger partial charge in [0.1, 0.15) is 6.04 Å².